The number of fused-ring (bicyclic) bond motifs is 6. The van der Waals surface area contributed by atoms with Crippen LogP contribution < -0.4 is 21.2 Å². The van der Waals surface area contributed by atoms with Gasteiger partial charge >= 0.3 is 44.8 Å². The maximum atomic E-state index is 7.67. The molecule has 0 N–H and O–H groups in total. The second kappa shape index (κ2) is 24.0. The third kappa shape index (κ3) is 11.1. The van der Waals surface area contributed by atoms with Gasteiger partial charge in [-0.15, -0.1) is 11.1 Å². The smallest absolute Gasteiger partial charge is 0.366 e. The third-order valence-corrected chi connectivity index (χ3v) is 18.9. The van der Waals surface area contributed by atoms with E-state index in [4.69, 9.17) is 12.8 Å². The van der Waals surface area contributed by atoms with Gasteiger partial charge in [0, 0.05) is 0 Å². The topological polar surface area (TPSA) is 0 Å². The molecule has 0 aromatic heterocycles. The van der Waals surface area contributed by atoms with Gasteiger partial charge in [-0.3, -0.25) is 11.8 Å². The molecule has 0 saturated heterocycles. The molecule has 4 heteroatoms. The van der Waals surface area contributed by atoms with Crippen molar-refractivity contribution in [2.45, 2.75) is 0 Å². The van der Waals surface area contributed by atoms with Crippen LogP contribution in [0.1, 0.15) is 11.1 Å². The van der Waals surface area contributed by atoms with E-state index in [0.29, 0.717) is 0 Å². The first-order valence-electron chi connectivity index (χ1n) is 23.1. The van der Waals surface area contributed by atoms with Gasteiger partial charge in [0.1, 0.15) is 12.3 Å². The SMILES string of the molecule is [Au+].[Au+].[C-]#Cc1c2ccccc2cc2cc3ccccc3cc12.[C-]#Cc1c2ccccc2cc2cc3ccccc3cc12.c1ccc([PH+](CC[PH+](c2ccccc2)c2ccccc2)c2ccccc2)cc1. The zero-order valence-electron chi connectivity index (χ0n) is 38.3. The van der Waals surface area contributed by atoms with E-state index in [1.165, 1.54) is 55.1 Å². The van der Waals surface area contributed by atoms with Crippen molar-refractivity contribution < 1.29 is 44.8 Å². The molecule has 0 fully saturated rings. The fourth-order valence-corrected chi connectivity index (χ4v) is 15.7. The van der Waals surface area contributed by atoms with E-state index in [2.05, 4.69) is 230 Å². The molecule has 0 nitrogen and oxygen atoms in total. The van der Waals surface area contributed by atoms with Crippen LogP contribution >= 0.6 is 15.8 Å². The molecule has 12 rings (SSSR count). The molecule has 0 unspecified atom stereocenters. The molecule has 0 radical (unpaired) electrons. The van der Waals surface area contributed by atoms with Gasteiger partial charge in [-0.05, 0) is 116 Å². The number of benzene rings is 12. The van der Waals surface area contributed by atoms with Crippen molar-refractivity contribution in [2.75, 3.05) is 12.3 Å². The molecule has 0 aliphatic rings. The molecule has 70 heavy (non-hydrogen) atoms. The van der Waals surface area contributed by atoms with Crippen LogP contribution in [0.25, 0.3) is 64.6 Å². The van der Waals surface area contributed by atoms with Gasteiger partial charge in [-0.25, -0.2) is 0 Å². The van der Waals surface area contributed by atoms with E-state index in [0.717, 1.165) is 54.2 Å². The molecule has 0 saturated carbocycles. The van der Waals surface area contributed by atoms with Gasteiger partial charge in [0.05, 0.1) is 37.1 Å². The van der Waals surface area contributed by atoms with E-state index < -0.39 is 15.8 Å². The zero-order chi connectivity index (χ0) is 46.1. The average Bonchev–Trinajstić information content (AvgIpc) is 3.41. The summed E-state index contributed by atoms with van der Waals surface area (Å²) >= 11 is 0. The molecule has 0 aliphatic carbocycles. The Labute approximate surface area is 445 Å². The van der Waals surface area contributed by atoms with Gasteiger partial charge in [0.15, 0.2) is 0 Å². The molecule has 0 atom stereocenters. The monoisotopic (exact) mass is 1300 g/mol. The van der Waals surface area contributed by atoms with Crippen LogP contribution in [0.2, 0.25) is 0 Å². The summed E-state index contributed by atoms with van der Waals surface area (Å²) in [5.74, 6) is 5.26. The Morgan fingerprint density at radius 2 is 0.500 bits per heavy atom. The Balaban J connectivity index is 0.000000142. The van der Waals surface area contributed by atoms with Crippen LogP contribution in [0.3, 0.4) is 0 Å². The van der Waals surface area contributed by atoms with Gasteiger partial charge in [0.25, 0.3) is 0 Å². The Morgan fingerprint density at radius 3 is 0.800 bits per heavy atom. The van der Waals surface area contributed by atoms with E-state index in [1.54, 1.807) is 0 Å². The predicted molar refractivity (Wildman–Crippen MR) is 301 cm³/mol. The Hall–Kier alpha value is -6.34. The zero-order valence-corrected chi connectivity index (χ0v) is 44.6. The molecular formula is C66H48Au2P2+2. The molecule has 12 aromatic rings. The molecular weight excluding hydrogens is 1250 g/mol. The van der Waals surface area contributed by atoms with Crippen molar-refractivity contribution in [3.05, 3.63) is 279 Å². The first kappa shape index (κ1) is 50.1. The summed E-state index contributed by atoms with van der Waals surface area (Å²) in [6.45, 7) is 0. The normalized spacial score (nSPS) is 10.7. The van der Waals surface area contributed by atoms with Crippen molar-refractivity contribution >= 4 is 102 Å². The Bertz CT molecular complexity index is 3430. The minimum atomic E-state index is -0.783. The fourth-order valence-electron chi connectivity index (χ4n) is 9.50. The van der Waals surface area contributed by atoms with Crippen LogP contribution in [0, 0.1) is 24.7 Å². The quantitative estimate of drug-likeness (QED) is 0.0490. The summed E-state index contributed by atoms with van der Waals surface area (Å²) in [5.41, 5.74) is 1.76. The van der Waals surface area contributed by atoms with Crippen LogP contribution in [-0.2, 0) is 44.8 Å². The molecule has 0 amide bonds. The van der Waals surface area contributed by atoms with Crippen molar-refractivity contribution in [2.24, 2.45) is 0 Å². The summed E-state index contributed by atoms with van der Waals surface area (Å²) in [6, 6.07) is 90.6. The standard InChI is InChI=1S/C26H24P2.2C20H11.2Au/c1-5-13-23(14-6-1)27(24-15-7-2-8-16-24)21-22-28(25-17-9-3-10-18-25)26-19-11-4-12-20-26;2*1-2-18-19-10-6-5-9-16(19)12-17-11-14-7-3-4-8-15(14)13-20(17)18;;/h1-20H,21-22H2;2*3-13H;;/q;2*-1;2*+1/p+2. The van der Waals surface area contributed by atoms with Crippen LogP contribution in [0.5, 0.6) is 0 Å². The first-order valence-corrected chi connectivity index (χ1v) is 26.5. The van der Waals surface area contributed by atoms with Gasteiger partial charge in [-0.1, -0.05) is 204 Å². The molecule has 0 heterocycles. The predicted octanol–water partition coefficient (Wildman–Crippen LogP) is 14.9. The van der Waals surface area contributed by atoms with E-state index in [9.17, 15) is 0 Å². The van der Waals surface area contributed by atoms with Crippen molar-refractivity contribution in [1.82, 2.24) is 0 Å². The largest absolute Gasteiger partial charge is 1.00 e. The maximum absolute atomic E-state index is 7.67. The first-order chi connectivity index (χ1) is 33.6. The minimum absolute atomic E-state index is 0. The minimum Gasteiger partial charge on any atom is -0.366 e. The van der Waals surface area contributed by atoms with E-state index in [1.807, 2.05) is 36.4 Å². The second-order valence-electron chi connectivity index (χ2n) is 17.0. The van der Waals surface area contributed by atoms with Gasteiger partial charge < -0.3 is 12.8 Å². The molecule has 342 valence electrons. The summed E-state index contributed by atoms with van der Waals surface area (Å²) in [6.07, 6.45) is 17.9. The van der Waals surface area contributed by atoms with E-state index >= 15 is 0 Å². The number of hydrogen-bond donors (Lipinski definition) is 0. The molecule has 0 spiro atoms. The Kier molecular flexibility index (Phi) is 17.2. The van der Waals surface area contributed by atoms with Crippen molar-refractivity contribution in [3.8, 4) is 11.8 Å². The fraction of sp³-hybridized carbons (Fsp3) is 0.0303. The number of rotatable bonds is 7. The van der Waals surface area contributed by atoms with Gasteiger partial charge in [0.2, 0.25) is 0 Å². The molecule has 0 aliphatic heterocycles. The average molecular weight is 1300 g/mol. The van der Waals surface area contributed by atoms with Crippen LogP contribution in [-0.4, -0.2) is 12.3 Å². The summed E-state index contributed by atoms with van der Waals surface area (Å²) < 4.78 is 0. The Morgan fingerprint density at radius 1 is 0.257 bits per heavy atom. The number of hydrogen-bond acceptors (Lipinski definition) is 0. The summed E-state index contributed by atoms with van der Waals surface area (Å²) in [5, 5.41) is 19.9. The second-order valence-corrected chi connectivity index (χ2v) is 22.2. The van der Waals surface area contributed by atoms with Gasteiger partial charge in [-0.2, -0.15) is 0 Å². The molecule has 12 aromatic carbocycles. The summed E-state index contributed by atoms with van der Waals surface area (Å²) in [4.78, 5) is 0. The molecule has 0 bridgehead atoms. The van der Waals surface area contributed by atoms with E-state index in [-0.39, 0.29) is 44.8 Å². The third-order valence-electron chi connectivity index (χ3n) is 12.8. The van der Waals surface area contributed by atoms with Crippen molar-refractivity contribution in [3.63, 3.8) is 0 Å². The van der Waals surface area contributed by atoms with Crippen LogP contribution in [0.15, 0.2) is 255 Å². The maximum Gasteiger partial charge on any atom is 1.00 e. The summed E-state index contributed by atoms with van der Waals surface area (Å²) in [7, 11) is -1.57. The van der Waals surface area contributed by atoms with Crippen LogP contribution in [0.4, 0.5) is 0 Å². The van der Waals surface area contributed by atoms with Crippen molar-refractivity contribution in [1.29, 1.82) is 0 Å².